The number of hydrogen-bond acceptors (Lipinski definition) is 7. The van der Waals surface area contributed by atoms with Gasteiger partial charge in [0.25, 0.3) is 0 Å². The first kappa shape index (κ1) is 16.3. The predicted molar refractivity (Wildman–Crippen MR) is 96.6 cm³/mol. The van der Waals surface area contributed by atoms with Crippen molar-refractivity contribution in [3.8, 4) is 5.75 Å². The molecule has 0 aliphatic carbocycles. The van der Waals surface area contributed by atoms with Crippen molar-refractivity contribution in [3.05, 3.63) is 35.2 Å². The van der Waals surface area contributed by atoms with Crippen LogP contribution in [-0.2, 0) is 0 Å². The fraction of sp³-hybridized carbons (Fsp3) is 0.278. The van der Waals surface area contributed by atoms with Crippen LogP contribution in [0.1, 0.15) is 40.9 Å². The third kappa shape index (κ3) is 2.95. The summed E-state index contributed by atoms with van der Waals surface area (Å²) < 4.78 is 5.64. The molecule has 0 spiro atoms. The molecule has 1 fully saturated rings. The molecule has 4 rings (SSSR count). The molecule has 2 aromatic rings. The monoisotopic (exact) mass is 354 g/mol. The van der Waals surface area contributed by atoms with Crippen LogP contribution in [0.25, 0.3) is 11.6 Å². The Kier molecular flexibility index (Phi) is 4.18. The van der Waals surface area contributed by atoms with E-state index in [1.54, 1.807) is 24.6 Å². The molecule has 0 atom stereocenters. The van der Waals surface area contributed by atoms with Crippen molar-refractivity contribution >= 4 is 35.5 Å². The van der Waals surface area contributed by atoms with Gasteiger partial charge in [-0.15, -0.1) is 0 Å². The number of hydrazine groups is 1. The second kappa shape index (κ2) is 6.64. The van der Waals surface area contributed by atoms with Gasteiger partial charge in [0.05, 0.1) is 0 Å². The zero-order valence-corrected chi connectivity index (χ0v) is 14.0. The standard InChI is InChI=1S/C18H18N4O4/c23-15-13(9-11-10-20-16-12(11)5-4-6-19-16)26-17(14(15)18(24)25)21-22-7-2-1-3-8-22/h4-6,9-10,21,23H,1-3,7-8H2,(H,24,25). The molecule has 26 heavy (non-hydrogen) atoms. The number of nitrogens with one attached hydrogen (secondary N) is 1. The van der Waals surface area contributed by atoms with E-state index in [1.807, 2.05) is 11.1 Å². The Labute approximate surface area is 149 Å². The molecule has 2 aromatic heterocycles. The van der Waals surface area contributed by atoms with Crippen LogP contribution in [0.2, 0.25) is 0 Å². The highest BCUT2D eigenvalue weighted by Gasteiger charge is 2.27. The van der Waals surface area contributed by atoms with Crippen LogP contribution in [-0.4, -0.2) is 45.5 Å². The van der Waals surface area contributed by atoms with Crippen molar-refractivity contribution < 1.29 is 19.4 Å². The second-order valence-electron chi connectivity index (χ2n) is 6.22. The number of pyridine rings is 1. The average Bonchev–Trinajstić information content (AvgIpc) is 3.18. The molecule has 3 N–H and O–H groups in total. The lowest BCUT2D eigenvalue weighted by Gasteiger charge is -2.26. The number of aliphatic imine (C=N–C) groups is 1. The number of carbonyl (C=O) groups is 1. The lowest BCUT2D eigenvalue weighted by atomic mass is 10.1. The lowest BCUT2D eigenvalue weighted by molar-refractivity contribution is 0.0694. The van der Waals surface area contributed by atoms with E-state index in [9.17, 15) is 15.0 Å². The first-order valence-electron chi connectivity index (χ1n) is 8.45. The van der Waals surface area contributed by atoms with Gasteiger partial charge >= 0.3 is 5.97 Å². The van der Waals surface area contributed by atoms with E-state index in [4.69, 9.17) is 4.42 Å². The number of piperidine rings is 1. The van der Waals surface area contributed by atoms with Gasteiger partial charge in [-0.2, -0.15) is 0 Å². The number of aromatic hydroxyl groups is 1. The predicted octanol–water partition coefficient (Wildman–Crippen LogP) is 3.15. The maximum Gasteiger partial charge on any atom is 0.345 e. The summed E-state index contributed by atoms with van der Waals surface area (Å²) in [5, 5.41) is 21.8. The number of nitrogens with zero attached hydrogens (tertiary/aromatic N) is 3. The van der Waals surface area contributed by atoms with Crippen LogP contribution in [0, 0.1) is 0 Å². The lowest BCUT2D eigenvalue weighted by Crippen LogP contribution is -2.35. The highest BCUT2D eigenvalue weighted by molar-refractivity contribution is 6.21. The number of aromatic nitrogens is 1. The van der Waals surface area contributed by atoms with Gasteiger partial charge in [-0.1, -0.05) is 6.42 Å². The Morgan fingerprint density at radius 2 is 2.12 bits per heavy atom. The summed E-state index contributed by atoms with van der Waals surface area (Å²) in [5.74, 6) is -0.979. The number of furan rings is 1. The molecule has 2 aliphatic heterocycles. The van der Waals surface area contributed by atoms with Gasteiger partial charge in [0.1, 0.15) is 0 Å². The van der Waals surface area contributed by atoms with E-state index in [-0.39, 0.29) is 17.2 Å². The molecule has 0 aromatic carbocycles. The molecule has 134 valence electrons. The Balaban J connectivity index is 1.69. The summed E-state index contributed by atoms with van der Waals surface area (Å²) in [6.45, 7) is 1.59. The molecule has 4 heterocycles. The topological polar surface area (TPSA) is 111 Å². The number of anilines is 1. The molecule has 8 heteroatoms. The summed E-state index contributed by atoms with van der Waals surface area (Å²) in [6, 6.07) is 3.64. The molecule has 2 aliphatic rings. The van der Waals surface area contributed by atoms with Gasteiger partial charge in [-0.25, -0.2) is 19.8 Å². The minimum atomic E-state index is -1.25. The van der Waals surface area contributed by atoms with Crippen LogP contribution in [0.5, 0.6) is 5.75 Å². The molecule has 0 bridgehead atoms. The summed E-state index contributed by atoms with van der Waals surface area (Å²) in [4.78, 5) is 20.0. The summed E-state index contributed by atoms with van der Waals surface area (Å²) in [7, 11) is 0. The largest absolute Gasteiger partial charge is 0.504 e. The van der Waals surface area contributed by atoms with Crippen molar-refractivity contribution in [2.45, 2.75) is 19.3 Å². The molecule has 0 amide bonds. The maximum absolute atomic E-state index is 11.6. The van der Waals surface area contributed by atoms with E-state index in [2.05, 4.69) is 15.4 Å². The fourth-order valence-corrected chi connectivity index (χ4v) is 3.15. The number of allylic oxidation sites excluding steroid dienone is 1. The summed E-state index contributed by atoms with van der Waals surface area (Å²) in [5.41, 5.74) is 4.20. The van der Waals surface area contributed by atoms with Crippen LogP contribution in [0.3, 0.4) is 0 Å². The van der Waals surface area contributed by atoms with E-state index in [1.165, 1.54) is 0 Å². The van der Waals surface area contributed by atoms with Gasteiger partial charge in [0.2, 0.25) is 5.88 Å². The summed E-state index contributed by atoms with van der Waals surface area (Å²) in [6.07, 6.45) is 8.03. The van der Waals surface area contributed by atoms with Gasteiger partial charge in [0, 0.05) is 36.6 Å². The van der Waals surface area contributed by atoms with Gasteiger partial charge in [-0.05, 0) is 31.1 Å². The van der Waals surface area contributed by atoms with Gasteiger partial charge in [0.15, 0.2) is 22.9 Å². The molecule has 0 radical (unpaired) electrons. The first-order valence-corrected chi connectivity index (χ1v) is 8.45. The Morgan fingerprint density at radius 1 is 1.31 bits per heavy atom. The number of carboxylic acids is 1. The van der Waals surface area contributed by atoms with Crippen molar-refractivity contribution in [2.24, 2.45) is 4.99 Å². The quantitative estimate of drug-likeness (QED) is 0.773. The number of aromatic carboxylic acids is 1. The Morgan fingerprint density at radius 3 is 2.88 bits per heavy atom. The highest BCUT2D eigenvalue weighted by Crippen LogP contribution is 2.38. The van der Waals surface area contributed by atoms with E-state index in [0.717, 1.165) is 37.9 Å². The van der Waals surface area contributed by atoms with Crippen LogP contribution < -0.4 is 5.43 Å². The van der Waals surface area contributed by atoms with Crippen molar-refractivity contribution in [2.75, 3.05) is 18.5 Å². The molecule has 0 unspecified atom stereocenters. The average molecular weight is 354 g/mol. The Hall–Kier alpha value is -3.13. The van der Waals surface area contributed by atoms with Crippen molar-refractivity contribution in [3.63, 3.8) is 0 Å². The zero-order chi connectivity index (χ0) is 18.1. The first-order chi connectivity index (χ1) is 12.6. The minimum absolute atomic E-state index is 0.0325. The fourth-order valence-electron chi connectivity index (χ4n) is 3.15. The number of fused-ring (bicyclic) bond motifs is 1. The number of rotatable bonds is 4. The second-order valence-corrected chi connectivity index (χ2v) is 6.22. The minimum Gasteiger partial charge on any atom is -0.504 e. The summed E-state index contributed by atoms with van der Waals surface area (Å²) >= 11 is 0. The normalized spacial score (nSPS) is 18.2. The van der Waals surface area contributed by atoms with E-state index >= 15 is 0 Å². The van der Waals surface area contributed by atoms with Crippen LogP contribution in [0.15, 0.2) is 27.7 Å². The van der Waals surface area contributed by atoms with E-state index in [0.29, 0.717) is 11.4 Å². The van der Waals surface area contributed by atoms with Crippen LogP contribution in [0.4, 0.5) is 11.7 Å². The van der Waals surface area contributed by atoms with Crippen molar-refractivity contribution in [1.29, 1.82) is 0 Å². The number of hydrogen-bond donors (Lipinski definition) is 3. The third-order valence-electron chi connectivity index (χ3n) is 4.45. The molecular formula is C18H18N4O4. The molecule has 8 nitrogen and oxygen atoms in total. The van der Waals surface area contributed by atoms with Gasteiger partial charge in [-0.3, -0.25) is 5.43 Å². The zero-order valence-electron chi connectivity index (χ0n) is 14.0. The van der Waals surface area contributed by atoms with E-state index < -0.39 is 11.7 Å². The highest BCUT2D eigenvalue weighted by atomic mass is 16.4. The molecular weight excluding hydrogens is 336 g/mol. The third-order valence-corrected chi connectivity index (χ3v) is 4.45. The smallest absolute Gasteiger partial charge is 0.345 e. The molecule has 1 saturated heterocycles. The SMILES string of the molecule is O=C(O)c1c(NN2CCCCC2)oc(C=C2C=Nc3ncccc32)c1O. The van der Waals surface area contributed by atoms with Crippen molar-refractivity contribution in [1.82, 2.24) is 9.99 Å². The molecule has 0 saturated carbocycles. The Bertz CT molecular complexity index is 910. The van der Waals surface area contributed by atoms with Gasteiger partial charge < -0.3 is 14.6 Å². The maximum atomic E-state index is 11.6. The number of carboxylic acid groups (broad SMARTS) is 1. The van der Waals surface area contributed by atoms with Crippen LogP contribution >= 0.6 is 0 Å².